The molecule has 0 spiro atoms. The number of nitrogens with zero attached hydrogens (tertiary/aromatic N) is 1. The number of hydrogen-bond acceptors (Lipinski definition) is 6. The lowest BCUT2D eigenvalue weighted by molar-refractivity contribution is -0.266. The molecular weight excluding hydrogens is 190 g/mol. The summed E-state index contributed by atoms with van der Waals surface area (Å²) in [5.41, 5.74) is 0.394. The number of oxime groups is 1. The van der Waals surface area contributed by atoms with Crippen LogP contribution >= 0.6 is 0 Å². The largest absolute Gasteiger partial charge is 0.408 e. The van der Waals surface area contributed by atoms with Crippen molar-refractivity contribution in [2.24, 2.45) is 5.16 Å². The third-order valence-corrected chi connectivity index (χ3v) is 1.14. The third-order valence-electron chi connectivity index (χ3n) is 1.14. The van der Waals surface area contributed by atoms with Gasteiger partial charge in [0.25, 0.3) is 0 Å². The molecule has 6 heteroatoms. The normalized spacial score (nSPS) is 10.9. The molecule has 0 bridgehead atoms. The van der Waals surface area contributed by atoms with Crippen LogP contribution < -0.4 is 0 Å². The van der Waals surface area contributed by atoms with E-state index in [1.165, 1.54) is 7.11 Å². The zero-order chi connectivity index (χ0) is 11.0. The van der Waals surface area contributed by atoms with E-state index in [4.69, 9.17) is 0 Å². The smallest absolute Gasteiger partial charge is 0.399 e. The van der Waals surface area contributed by atoms with Crippen molar-refractivity contribution in [2.45, 2.75) is 20.3 Å². The quantitative estimate of drug-likeness (QED) is 0.271. The third kappa shape index (κ3) is 5.26. The second kappa shape index (κ2) is 7.02. The molecule has 0 atom stereocenters. The molecule has 0 rings (SSSR count). The fourth-order valence-corrected chi connectivity index (χ4v) is 0.652. The molecule has 0 radical (unpaired) electrons. The highest BCUT2D eigenvalue weighted by atomic mass is 17.2. The predicted octanol–water partition coefficient (Wildman–Crippen LogP) is 0.463. The van der Waals surface area contributed by atoms with Gasteiger partial charge in [0.1, 0.15) is 7.11 Å². The molecule has 0 aromatic rings. The molecule has 0 saturated heterocycles. The van der Waals surface area contributed by atoms with Crippen molar-refractivity contribution in [1.82, 2.24) is 0 Å². The average Bonchev–Trinajstić information content (AvgIpc) is 2.14. The van der Waals surface area contributed by atoms with Crippen LogP contribution in [0.5, 0.6) is 0 Å². The van der Waals surface area contributed by atoms with E-state index in [0.717, 1.165) is 0 Å². The summed E-state index contributed by atoms with van der Waals surface area (Å²) >= 11 is 0. The topological polar surface area (TPSA) is 74.2 Å². The Balaban J connectivity index is 3.95. The standard InChI is InChI=1S/C8H13NO5/c1-4-13-14-8(11)7(10)5-6(2)9-12-3/h4-5H2,1-3H3/b9-6+. The molecule has 0 unspecified atom stereocenters. The van der Waals surface area contributed by atoms with E-state index < -0.39 is 11.8 Å². The first-order chi connectivity index (χ1) is 6.61. The van der Waals surface area contributed by atoms with Crippen molar-refractivity contribution < 1.29 is 24.2 Å². The first-order valence-corrected chi connectivity index (χ1v) is 4.05. The number of ketones is 1. The van der Waals surface area contributed by atoms with Gasteiger partial charge in [-0.25, -0.2) is 4.79 Å². The molecule has 0 aromatic heterocycles. The SMILES string of the molecule is CCOOC(=O)C(=O)C/C(C)=N/OC. The van der Waals surface area contributed by atoms with Gasteiger partial charge in [-0.1, -0.05) is 5.16 Å². The first kappa shape index (κ1) is 12.6. The zero-order valence-electron chi connectivity index (χ0n) is 8.40. The highest BCUT2D eigenvalue weighted by molar-refractivity contribution is 6.37. The van der Waals surface area contributed by atoms with Crippen molar-refractivity contribution in [3.8, 4) is 0 Å². The Kier molecular flexibility index (Phi) is 6.30. The summed E-state index contributed by atoms with van der Waals surface area (Å²) in [5.74, 6) is -1.76. The van der Waals surface area contributed by atoms with Crippen molar-refractivity contribution in [3.63, 3.8) is 0 Å². The van der Waals surface area contributed by atoms with Crippen molar-refractivity contribution in [3.05, 3.63) is 0 Å². The van der Waals surface area contributed by atoms with Crippen LogP contribution in [0.3, 0.4) is 0 Å². The van der Waals surface area contributed by atoms with Gasteiger partial charge >= 0.3 is 5.97 Å². The Bertz CT molecular complexity index is 236. The molecule has 80 valence electrons. The Hall–Kier alpha value is -1.43. The highest BCUT2D eigenvalue weighted by Crippen LogP contribution is 1.93. The minimum absolute atomic E-state index is 0.139. The lowest BCUT2D eigenvalue weighted by Crippen LogP contribution is -2.20. The molecule has 0 aliphatic heterocycles. The molecule has 0 aliphatic rings. The lowest BCUT2D eigenvalue weighted by Gasteiger charge is -1.99. The lowest BCUT2D eigenvalue weighted by atomic mass is 10.2. The summed E-state index contributed by atoms with van der Waals surface area (Å²) in [7, 11) is 1.35. The number of Topliss-reactive ketones (excluding diaryl/α,β-unsaturated/α-hetero) is 1. The number of rotatable bonds is 6. The molecule has 0 aromatic carbocycles. The van der Waals surface area contributed by atoms with E-state index >= 15 is 0 Å². The molecule has 0 saturated carbocycles. The van der Waals surface area contributed by atoms with Crippen molar-refractivity contribution >= 4 is 17.5 Å². The molecule has 0 amide bonds. The van der Waals surface area contributed by atoms with Gasteiger partial charge < -0.3 is 4.84 Å². The van der Waals surface area contributed by atoms with Gasteiger partial charge in [-0.2, -0.15) is 4.89 Å². The Labute approximate surface area is 81.7 Å². The maximum absolute atomic E-state index is 11.0. The molecule has 0 aliphatic carbocycles. The van der Waals surface area contributed by atoms with Gasteiger partial charge in [-0.15, -0.1) is 0 Å². The summed E-state index contributed by atoms with van der Waals surface area (Å²) in [5, 5.41) is 3.47. The van der Waals surface area contributed by atoms with E-state index in [0.29, 0.717) is 5.71 Å². The van der Waals surface area contributed by atoms with Crippen LogP contribution in [0.25, 0.3) is 0 Å². The maximum Gasteiger partial charge on any atom is 0.408 e. The molecule has 0 heterocycles. The summed E-state index contributed by atoms with van der Waals surface area (Å²) in [4.78, 5) is 34.8. The van der Waals surface area contributed by atoms with Crippen LogP contribution in [0, 0.1) is 0 Å². The maximum atomic E-state index is 11.0. The molecule has 0 fully saturated rings. The van der Waals surface area contributed by atoms with Crippen LogP contribution in [0.1, 0.15) is 20.3 Å². The van der Waals surface area contributed by atoms with Crippen LogP contribution in [0.4, 0.5) is 0 Å². The van der Waals surface area contributed by atoms with E-state index in [1.807, 2.05) is 0 Å². The van der Waals surface area contributed by atoms with Crippen molar-refractivity contribution in [2.75, 3.05) is 13.7 Å². The van der Waals surface area contributed by atoms with Crippen LogP contribution in [0.2, 0.25) is 0 Å². The molecular formula is C8H13NO5. The van der Waals surface area contributed by atoms with Crippen LogP contribution in [-0.2, 0) is 24.2 Å². The minimum atomic E-state index is -1.03. The fourth-order valence-electron chi connectivity index (χ4n) is 0.652. The average molecular weight is 203 g/mol. The number of carbonyl (C=O) groups is 2. The van der Waals surface area contributed by atoms with E-state index in [1.54, 1.807) is 13.8 Å². The van der Waals surface area contributed by atoms with Gasteiger partial charge in [0.05, 0.1) is 18.7 Å². The fraction of sp³-hybridized carbons (Fsp3) is 0.625. The second-order valence-electron chi connectivity index (χ2n) is 2.39. The van der Waals surface area contributed by atoms with E-state index in [9.17, 15) is 9.59 Å². The summed E-state index contributed by atoms with van der Waals surface area (Å²) in [6.07, 6.45) is -0.139. The number of carbonyl (C=O) groups excluding carboxylic acids is 2. The van der Waals surface area contributed by atoms with Gasteiger partial charge in [0.2, 0.25) is 5.78 Å². The summed E-state index contributed by atoms with van der Waals surface area (Å²) in [6, 6.07) is 0. The molecule has 0 N–H and O–H groups in total. The monoisotopic (exact) mass is 203 g/mol. The Morgan fingerprint density at radius 3 is 2.50 bits per heavy atom. The molecule has 6 nitrogen and oxygen atoms in total. The Morgan fingerprint density at radius 2 is 2.00 bits per heavy atom. The van der Waals surface area contributed by atoms with E-state index in [-0.39, 0.29) is 13.0 Å². The summed E-state index contributed by atoms with van der Waals surface area (Å²) < 4.78 is 0. The Morgan fingerprint density at radius 1 is 1.36 bits per heavy atom. The number of hydrogen-bond donors (Lipinski definition) is 0. The van der Waals surface area contributed by atoms with Gasteiger partial charge in [-0.3, -0.25) is 9.68 Å². The predicted molar refractivity (Wildman–Crippen MR) is 47.5 cm³/mol. The molecule has 14 heavy (non-hydrogen) atoms. The van der Waals surface area contributed by atoms with Gasteiger partial charge in [-0.05, 0) is 13.8 Å². The highest BCUT2D eigenvalue weighted by Gasteiger charge is 2.17. The van der Waals surface area contributed by atoms with Crippen LogP contribution in [0.15, 0.2) is 5.16 Å². The first-order valence-electron chi connectivity index (χ1n) is 4.05. The second-order valence-corrected chi connectivity index (χ2v) is 2.39. The van der Waals surface area contributed by atoms with Crippen molar-refractivity contribution in [1.29, 1.82) is 0 Å². The zero-order valence-corrected chi connectivity index (χ0v) is 8.40. The minimum Gasteiger partial charge on any atom is -0.399 e. The summed E-state index contributed by atoms with van der Waals surface area (Å²) in [6.45, 7) is 3.40. The van der Waals surface area contributed by atoms with Gasteiger partial charge in [0, 0.05) is 0 Å². The van der Waals surface area contributed by atoms with E-state index in [2.05, 4.69) is 19.8 Å². The van der Waals surface area contributed by atoms with Crippen LogP contribution in [-0.4, -0.2) is 31.2 Å². The van der Waals surface area contributed by atoms with Gasteiger partial charge in [0.15, 0.2) is 0 Å².